The number of hydrogen-bond acceptors (Lipinski definition) is 4. The maximum atomic E-state index is 12.0. The van der Waals surface area contributed by atoms with E-state index in [1.54, 1.807) is 37.1 Å². The van der Waals surface area contributed by atoms with Crippen molar-refractivity contribution in [3.63, 3.8) is 0 Å². The normalized spacial score (nSPS) is 15.2. The second-order valence-electron chi connectivity index (χ2n) is 4.43. The lowest BCUT2D eigenvalue weighted by Crippen LogP contribution is -2.15. The Morgan fingerprint density at radius 2 is 2.35 bits per heavy atom. The first-order chi connectivity index (χ1) is 9.67. The fourth-order valence-corrected chi connectivity index (χ4v) is 3.01. The highest BCUT2D eigenvalue weighted by atomic mass is 32.2. The molecule has 0 atom stereocenters. The van der Waals surface area contributed by atoms with Crippen molar-refractivity contribution in [2.75, 3.05) is 19.4 Å². The molecular formula is C14H18N2O3S. The SMILES string of the molecule is CCCCOC(=O)c1ccn2c1SCC2=CC(=O)NC. The maximum Gasteiger partial charge on any atom is 0.340 e. The minimum absolute atomic E-state index is 0.144. The van der Waals surface area contributed by atoms with Crippen molar-refractivity contribution in [3.8, 4) is 0 Å². The molecule has 1 aliphatic rings. The summed E-state index contributed by atoms with van der Waals surface area (Å²) in [5, 5.41) is 3.41. The first kappa shape index (κ1) is 14.7. The molecule has 0 radical (unpaired) electrons. The minimum Gasteiger partial charge on any atom is -0.462 e. The van der Waals surface area contributed by atoms with Crippen LogP contribution in [0, 0.1) is 0 Å². The average molecular weight is 294 g/mol. The Bertz CT molecular complexity index is 549. The molecule has 0 aliphatic carbocycles. The van der Waals surface area contributed by atoms with Gasteiger partial charge in [-0.3, -0.25) is 4.79 Å². The summed E-state index contributed by atoms with van der Waals surface area (Å²) in [6, 6.07) is 1.74. The van der Waals surface area contributed by atoms with Gasteiger partial charge < -0.3 is 14.6 Å². The van der Waals surface area contributed by atoms with Gasteiger partial charge in [0.1, 0.15) is 0 Å². The quantitative estimate of drug-likeness (QED) is 0.513. The maximum absolute atomic E-state index is 12.0. The van der Waals surface area contributed by atoms with Gasteiger partial charge in [-0.05, 0) is 12.5 Å². The summed E-state index contributed by atoms with van der Waals surface area (Å²) in [6.07, 6.45) is 5.22. The van der Waals surface area contributed by atoms with E-state index in [0.29, 0.717) is 17.9 Å². The van der Waals surface area contributed by atoms with Crippen molar-refractivity contribution in [2.24, 2.45) is 0 Å². The van der Waals surface area contributed by atoms with Crippen molar-refractivity contribution < 1.29 is 14.3 Å². The largest absolute Gasteiger partial charge is 0.462 e. The van der Waals surface area contributed by atoms with Crippen molar-refractivity contribution in [3.05, 3.63) is 23.9 Å². The lowest BCUT2D eigenvalue weighted by atomic mass is 10.3. The molecule has 0 unspecified atom stereocenters. The van der Waals surface area contributed by atoms with Gasteiger partial charge in [0.25, 0.3) is 0 Å². The smallest absolute Gasteiger partial charge is 0.340 e. The van der Waals surface area contributed by atoms with Gasteiger partial charge >= 0.3 is 5.97 Å². The van der Waals surface area contributed by atoms with Gasteiger partial charge in [0.05, 0.1) is 17.2 Å². The third-order valence-corrected chi connectivity index (χ3v) is 4.13. The number of fused-ring (bicyclic) bond motifs is 1. The highest BCUT2D eigenvalue weighted by Crippen LogP contribution is 2.36. The van der Waals surface area contributed by atoms with Gasteiger partial charge in [-0.25, -0.2) is 4.79 Å². The zero-order chi connectivity index (χ0) is 14.5. The van der Waals surface area contributed by atoms with Crippen molar-refractivity contribution >= 4 is 29.3 Å². The summed E-state index contributed by atoms with van der Waals surface area (Å²) >= 11 is 1.54. The Morgan fingerprint density at radius 1 is 1.55 bits per heavy atom. The molecule has 1 aromatic rings. The van der Waals surface area contributed by atoms with Gasteiger partial charge in [0.2, 0.25) is 5.91 Å². The van der Waals surface area contributed by atoms with Crippen LogP contribution in [0.5, 0.6) is 0 Å². The Balaban J connectivity index is 2.13. The number of ether oxygens (including phenoxy) is 1. The predicted octanol–water partition coefficient (Wildman–Crippen LogP) is 2.14. The third-order valence-electron chi connectivity index (χ3n) is 3.00. The van der Waals surface area contributed by atoms with Gasteiger partial charge in [-0.15, -0.1) is 11.8 Å². The number of rotatable bonds is 5. The molecule has 1 amide bonds. The number of nitrogens with one attached hydrogen (secondary N) is 1. The minimum atomic E-state index is -0.291. The molecule has 2 rings (SSSR count). The van der Waals surface area contributed by atoms with Gasteiger partial charge in [0.15, 0.2) is 0 Å². The molecular weight excluding hydrogens is 276 g/mol. The monoisotopic (exact) mass is 294 g/mol. The summed E-state index contributed by atoms with van der Waals surface area (Å²) in [5.41, 5.74) is 1.45. The number of carbonyl (C=O) groups excluding carboxylic acids is 2. The van der Waals surface area contributed by atoms with Gasteiger partial charge in [-0.2, -0.15) is 0 Å². The molecule has 0 bridgehead atoms. The standard InChI is InChI=1S/C14H18N2O3S/c1-3-4-7-19-14(18)11-5-6-16-10(8-12(17)15-2)9-20-13(11)16/h5-6,8H,3-4,7,9H2,1-2H3,(H,15,17). The number of carbonyl (C=O) groups is 2. The van der Waals surface area contributed by atoms with Crippen molar-refractivity contribution in [1.82, 2.24) is 9.88 Å². The molecule has 0 fully saturated rings. The lowest BCUT2D eigenvalue weighted by Gasteiger charge is -2.03. The Morgan fingerprint density at radius 3 is 3.05 bits per heavy atom. The van der Waals surface area contributed by atoms with E-state index in [0.717, 1.165) is 23.6 Å². The number of esters is 1. The fourth-order valence-electron chi connectivity index (χ4n) is 1.88. The van der Waals surface area contributed by atoms with Gasteiger partial charge in [-0.1, -0.05) is 13.3 Å². The second kappa shape index (κ2) is 6.65. The average Bonchev–Trinajstić information content (AvgIpc) is 3.01. The van der Waals surface area contributed by atoms with Crippen LogP contribution in [-0.4, -0.2) is 35.9 Å². The van der Waals surface area contributed by atoms with Crippen LogP contribution in [0.1, 0.15) is 30.1 Å². The van der Waals surface area contributed by atoms with Crippen LogP contribution in [0.4, 0.5) is 0 Å². The number of hydrogen-bond donors (Lipinski definition) is 1. The summed E-state index contributed by atoms with van der Waals surface area (Å²) < 4.78 is 7.10. The Kier molecular flexibility index (Phi) is 4.89. The number of thioether (sulfide) groups is 1. The van der Waals surface area contributed by atoms with E-state index in [1.807, 2.05) is 4.57 Å². The molecule has 1 aliphatic heterocycles. The van der Waals surface area contributed by atoms with Crippen LogP contribution >= 0.6 is 11.8 Å². The highest BCUT2D eigenvalue weighted by molar-refractivity contribution is 8.00. The van der Waals surface area contributed by atoms with E-state index in [-0.39, 0.29) is 11.9 Å². The van der Waals surface area contributed by atoms with E-state index in [1.165, 1.54) is 0 Å². The molecule has 20 heavy (non-hydrogen) atoms. The number of aromatic nitrogens is 1. The lowest BCUT2D eigenvalue weighted by molar-refractivity contribution is -0.116. The highest BCUT2D eigenvalue weighted by Gasteiger charge is 2.24. The zero-order valence-corrected chi connectivity index (χ0v) is 12.5. The Hall–Kier alpha value is -1.69. The molecule has 0 spiro atoms. The molecule has 6 heteroatoms. The molecule has 0 saturated carbocycles. The van der Waals surface area contributed by atoms with E-state index < -0.39 is 0 Å². The van der Waals surface area contributed by atoms with Crippen molar-refractivity contribution in [1.29, 1.82) is 0 Å². The number of unbranched alkanes of at least 4 members (excludes halogenated alkanes) is 1. The van der Waals surface area contributed by atoms with E-state index in [9.17, 15) is 9.59 Å². The zero-order valence-electron chi connectivity index (χ0n) is 11.6. The van der Waals surface area contributed by atoms with Crippen LogP contribution < -0.4 is 5.32 Å². The van der Waals surface area contributed by atoms with Crippen LogP contribution in [0.3, 0.4) is 0 Å². The molecule has 2 heterocycles. The molecule has 0 aromatic carbocycles. The van der Waals surface area contributed by atoms with Crippen LogP contribution in [0.2, 0.25) is 0 Å². The number of likely N-dealkylation sites (N-methyl/N-ethyl adjacent to an activating group) is 1. The topological polar surface area (TPSA) is 60.3 Å². The first-order valence-corrected chi connectivity index (χ1v) is 7.59. The first-order valence-electron chi connectivity index (χ1n) is 6.61. The summed E-state index contributed by atoms with van der Waals surface area (Å²) in [6.45, 7) is 2.50. The second-order valence-corrected chi connectivity index (χ2v) is 5.40. The summed E-state index contributed by atoms with van der Waals surface area (Å²) in [7, 11) is 1.59. The number of nitrogens with zero attached hydrogens (tertiary/aromatic N) is 1. The predicted molar refractivity (Wildman–Crippen MR) is 78.7 cm³/mol. The Labute approximate surface area is 122 Å². The van der Waals surface area contributed by atoms with Crippen LogP contribution in [-0.2, 0) is 9.53 Å². The fraction of sp³-hybridized carbons (Fsp3) is 0.429. The molecule has 5 nitrogen and oxygen atoms in total. The van der Waals surface area contributed by atoms with E-state index >= 15 is 0 Å². The van der Waals surface area contributed by atoms with Crippen LogP contribution in [0.15, 0.2) is 23.4 Å². The number of amides is 1. The summed E-state index contributed by atoms with van der Waals surface area (Å²) in [4.78, 5) is 23.4. The molecule has 1 N–H and O–H groups in total. The molecule has 1 aromatic heterocycles. The third kappa shape index (κ3) is 3.07. The van der Waals surface area contributed by atoms with Crippen LogP contribution in [0.25, 0.3) is 5.70 Å². The van der Waals surface area contributed by atoms with E-state index in [4.69, 9.17) is 4.74 Å². The summed E-state index contributed by atoms with van der Waals surface area (Å²) in [5.74, 6) is 0.244. The molecule has 108 valence electrons. The molecule has 0 saturated heterocycles. The van der Waals surface area contributed by atoms with E-state index in [2.05, 4.69) is 12.2 Å². The van der Waals surface area contributed by atoms with Gasteiger partial charge in [0, 0.05) is 30.8 Å². The van der Waals surface area contributed by atoms with Crippen molar-refractivity contribution in [2.45, 2.75) is 24.8 Å².